The van der Waals surface area contributed by atoms with Crippen LogP contribution in [0.1, 0.15) is 31.9 Å². The molecular formula is C13H17N3. The third-order valence-electron chi connectivity index (χ3n) is 2.81. The zero-order valence-electron chi connectivity index (χ0n) is 10.2. The van der Waals surface area contributed by atoms with Gasteiger partial charge >= 0.3 is 0 Å². The maximum atomic E-state index is 4.06. The standard InChI is InChI=1S/C13H17N3/c1-9-10(12-14-8-15-16-12)6-5-7-11(9)13(2,3)4/h5-8H,1-4H3,(H,14,15,16). The van der Waals surface area contributed by atoms with Crippen LogP contribution >= 0.6 is 0 Å². The van der Waals surface area contributed by atoms with Crippen LogP contribution in [-0.2, 0) is 5.41 Å². The first-order chi connectivity index (χ1) is 7.50. The summed E-state index contributed by atoms with van der Waals surface area (Å²) in [6.45, 7) is 8.80. The molecule has 1 heterocycles. The molecule has 16 heavy (non-hydrogen) atoms. The van der Waals surface area contributed by atoms with Gasteiger partial charge in [0.25, 0.3) is 0 Å². The van der Waals surface area contributed by atoms with Crippen LogP contribution in [-0.4, -0.2) is 15.2 Å². The zero-order chi connectivity index (χ0) is 11.8. The summed E-state index contributed by atoms with van der Waals surface area (Å²) in [5, 5.41) is 7.89. The lowest BCUT2D eigenvalue weighted by atomic mass is 9.82. The average molecular weight is 215 g/mol. The first-order valence-electron chi connectivity index (χ1n) is 5.46. The van der Waals surface area contributed by atoms with Gasteiger partial charge in [-0.15, -0.1) is 10.2 Å². The van der Waals surface area contributed by atoms with E-state index in [1.54, 1.807) is 6.33 Å². The molecular weight excluding hydrogens is 198 g/mol. The second-order valence-electron chi connectivity index (χ2n) is 5.07. The van der Waals surface area contributed by atoms with Crippen LogP contribution in [0.4, 0.5) is 0 Å². The molecule has 0 amide bonds. The Hall–Kier alpha value is -1.64. The van der Waals surface area contributed by atoms with Gasteiger partial charge in [0.1, 0.15) is 6.33 Å². The Labute approximate surface area is 95.9 Å². The van der Waals surface area contributed by atoms with Crippen LogP contribution in [0.25, 0.3) is 11.4 Å². The van der Waals surface area contributed by atoms with Gasteiger partial charge in [-0.2, -0.15) is 0 Å². The van der Waals surface area contributed by atoms with Crippen molar-refractivity contribution in [1.29, 1.82) is 0 Å². The number of benzene rings is 1. The minimum atomic E-state index is 0.153. The summed E-state index contributed by atoms with van der Waals surface area (Å²) in [5.74, 6) is 0.837. The summed E-state index contributed by atoms with van der Waals surface area (Å²) in [6, 6.07) is 6.33. The molecule has 0 aliphatic rings. The van der Waals surface area contributed by atoms with E-state index >= 15 is 0 Å². The average Bonchev–Trinajstić information content (AvgIpc) is 2.69. The highest BCUT2D eigenvalue weighted by Crippen LogP contribution is 2.30. The van der Waals surface area contributed by atoms with E-state index in [9.17, 15) is 0 Å². The van der Waals surface area contributed by atoms with E-state index in [4.69, 9.17) is 0 Å². The Morgan fingerprint density at radius 1 is 1.19 bits per heavy atom. The van der Waals surface area contributed by atoms with E-state index in [0.29, 0.717) is 0 Å². The highest BCUT2D eigenvalue weighted by atomic mass is 15.2. The number of nitrogens with zero attached hydrogens (tertiary/aromatic N) is 2. The highest BCUT2D eigenvalue weighted by Gasteiger charge is 2.18. The first kappa shape index (κ1) is 10.9. The first-order valence-corrected chi connectivity index (χ1v) is 5.46. The summed E-state index contributed by atoms with van der Waals surface area (Å²) in [4.78, 5) is 3.05. The van der Waals surface area contributed by atoms with Crippen molar-refractivity contribution >= 4 is 0 Å². The topological polar surface area (TPSA) is 41.6 Å². The van der Waals surface area contributed by atoms with Crippen LogP contribution in [0.2, 0.25) is 0 Å². The molecule has 0 radical (unpaired) electrons. The van der Waals surface area contributed by atoms with E-state index in [-0.39, 0.29) is 5.41 Å². The van der Waals surface area contributed by atoms with E-state index in [1.807, 2.05) is 0 Å². The minimum Gasteiger partial charge on any atom is -0.328 e. The number of rotatable bonds is 1. The van der Waals surface area contributed by atoms with Gasteiger partial charge in [-0.05, 0) is 23.5 Å². The molecule has 0 fully saturated rings. The van der Waals surface area contributed by atoms with Gasteiger partial charge in [-0.25, -0.2) is 0 Å². The summed E-state index contributed by atoms with van der Waals surface area (Å²) < 4.78 is 0. The van der Waals surface area contributed by atoms with Crippen LogP contribution < -0.4 is 0 Å². The maximum Gasteiger partial charge on any atom is 0.161 e. The number of aromatic amines is 1. The summed E-state index contributed by atoms with van der Waals surface area (Å²) in [7, 11) is 0. The van der Waals surface area contributed by atoms with Crippen molar-refractivity contribution in [2.24, 2.45) is 0 Å². The number of nitrogens with one attached hydrogen (secondary N) is 1. The Morgan fingerprint density at radius 2 is 1.94 bits per heavy atom. The van der Waals surface area contributed by atoms with Crippen molar-refractivity contribution in [3.63, 3.8) is 0 Å². The minimum absolute atomic E-state index is 0.153. The molecule has 2 rings (SSSR count). The van der Waals surface area contributed by atoms with Crippen molar-refractivity contribution in [1.82, 2.24) is 15.2 Å². The van der Waals surface area contributed by atoms with E-state index in [0.717, 1.165) is 11.4 Å². The SMILES string of the molecule is Cc1c(-c2nnc[nH]2)cccc1C(C)(C)C. The molecule has 0 saturated heterocycles. The molecule has 0 spiro atoms. The molecule has 1 aromatic carbocycles. The largest absolute Gasteiger partial charge is 0.328 e. The van der Waals surface area contributed by atoms with Gasteiger partial charge in [0, 0.05) is 5.56 Å². The second-order valence-corrected chi connectivity index (χ2v) is 5.07. The van der Waals surface area contributed by atoms with Gasteiger partial charge in [-0.3, -0.25) is 0 Å². The van der Waals surface area contributed by atoms with Crippen LogP contribution in [0, 0.1) is 6.92 Å². The number of aromatic nitrogens is 3. The van der Waals surface area contributed by atoms with Crippen LogP contribution in [0.5, 0.6) is 0 Å². The normalized spacial score (nSPS) is 11.8. The fraction of sp³-hybridized carbons (Fsp3) is 0.385. The Morgan fingerprint density at radius 3 is 2.50 bits per heavy atom. The lowest BCUT2D eigenvalue weighted by Crippen LogP contribution is -2.13. The number of H-pyrrole nitrogens is 1. The maximum absolute atomic E-state index is 4.06. The van der Waals surface area contributed by atoms with Crippen LogP contribution in [0.3, 0.4) is 0 Å². The van der Waals surface area contributed by atoms with E-state index in [1.165, 1.54) is 11.1 Å². The monoisotopic (exact) mass is 215 g/mol. The molecule has 0 saturated carbocycles. The fourth-order valence-electron chi connectivity index (χ4n) is 2.04. The Balaban J connectivity index is 2.58. The predicted octanol–water partition coefficient (Wildman–Crippen LogP) is 3.08. The highest BCUT2D eigenvalue weighted by molar-refractivity contribution is 5.62. The third kappa shape index (κ3) is 1.85. The van der Waals surface area contributed by atoms with Crippen molar-refractivity contribution in [2.75, 3.05) is 0 Å². The number of hydrogen-bond acceptors (Lipinski definition) is 2. The van der Waals surface area contributed by atoms with Gasteiger partial charge in [0.05, 0.1) is 0 Å². The molecule has 0 aliphatic carbocycles. The summed E-state index contributed by atoms with van der Waals surface area (Å²) >= 11 is 0. The van der Waals surface area contributed by atoms with Gasteiger partial charge < -0.3 is 4.98 Å². The van der Waals surface area contributed by atoms with Gasteiger partial charge in [-0.1, -0.05) is 39.0 Å². The molecule has 0 atom stereocenters. The Kier molecular flexibility index (Phi) is 2.54. The molecule has 0 aliphatic heterocycles. The molecule has 0 unspecified atom stereocenters. The van der Waals surface area contributed by atoms with Gasteiger partial charge in [0.2, 0.25) is 0 Å². The molecule has 84 valence electrons. The summed E-state index contributed by atoms with van der Waals surface area (Å²) in [6.07, 6.45) is 1.61. The predicted molar refractivity (Wildman–Crippen MR) is 65.3 cm³/mol. The quantitative estimate of drug-likeness (QED) is 0.794. The number of hydrogen-bond donors (Lipinski definition) is 1. The molecule has 1 N–H and O–H groups in total. The van der Waals surface area contributed by atoms with E-state index < -0.39 is 0 Å². The van der Waals surface area contributed by atoms with Crippen molar-refractivity contribution in [3.05, 3.63) is 35.7 Å². The zero-order valence-corrected chi connectivity index (χ0v) is 10.2. The van der Waals surface area contributed by atoms with E-state index in [2.05, 4.69) is 61.1 Å². The van der Waals surface area contributed by atoms with Gasteiger partial charge in [0.15, 0.2) is 5.82 Å². The molecule has 1 aromatic heterocycles. The van der Waals surface area contributed by atoms with Crippen molar-refractivity contribution in [3.8, 4) is 11.4 Å². The van der Waals surface area contributed by atoms with Crippen molar-refractivity contribution in [2.45, 2.75) is 33.1 Å². The molecule has 3 heteroatoms. The third-order valence-corrected chi connectivity index (χ3v) is 2.81. The fourth-order valence-corrected chi connectivity index (χ4v) is 2.04. The Bertz CT molecular complexity index is 478. The molecule has 0 bridgehead atoms. The molecule has 3 nitrogen and oxygen atoms in total. The second kappa shape index (κ2) is 3.74. The summed E-state index contributed by atoms with van der Waals surface area (Å²) in [5.41, 5.74) is 3.90. The smallest absolute Gasteiger partial charge is 0.161 e. The molecule has 2 aromatic rings. The lowest BCUT2D eigenvalue weighted by molar-refractivity contribution is 0.586. The van der Waals surface area contributed by atoms with Crippen molar-refractivity contribution < 1.29 is 0 Å². The van der Waals surface area contributed by atoms with Crippen LogP contribution in [0.15, 0.2) is 24.5 Å². The lowest BCUT2D eigenvalue weighted by Gasteiger charge is -2.22.